The fourth-order valence-electron chi connectivity index (χ4n) is 1.94. The fourth-order valence-corrected chi connectivity index (χ4v) is 1.94. The molecule has 2 N–H and O–H groups in total. The molecule has 0 aliphatic carbocycles. The highest BCUT2D eigenvalue weighted by Gasteiger charge is 2.21. The van der Waals surface area contributed by atoms with Gasteiger partial charge in [-0.25, -0.2) is 4.39 Å². The minimum Gasteiger partial charge on any atom is -0.399 e. The molecule has 0 aliphatic heterocycles. The van der Waals surface area contributed by atoms with Crippen LogP contribution in [0.15, 0.2) is 42.7 Å². The Bertz CT molecular complexity index is 616. The predicted octanol–water partition coefficient (Wildman–Crippen LogP) is 2.64. The zero-order valence-corrected chi connectivity index (χ0v) is 11.4. The summed E-state index contributed by atoms with van der Waals surface area (Å²) in [5.41, 5.74) is 6.88. The van der Waals surface area contributed by atoms with E-state index in [1.165, 1.54) is 23.1 Å². The molecule has 5 heteroatoms. The smallest absolute Gasteiger partial charge is 0.257 e. The number of nitrogen functional groups attached to an aromatic ring is 1. The lowest BCUT2D eigenvalue weighted by Gasteiger charge is -2.25. The van der Waals surface area contributed by atoms with Crippen LogP contribution in [0.2, 0.25) is 0 Å². The highest BCUT2D eigenvalue weighted by molar-refractivity contribution is 5.95. The van der Waals surface area contributed by atoms with Crippen molar-refractivity contribution in [2.75, 3.05) is 12.8 Å². The summed E-state index contributed by atoms with van der Waals surface area (Å²) in [7, 11) is 1.63. The molecule has 0 spiro atoms. The van der Waals surface area contributed by atoms with Gasteiger partial charge in [0.05, 0.1) is 11.6 Å². The topological polar surface area (TPSA) is 59.2 Å². The number of hydrogen-bond acceptors (Lipinski definition) is 3. The maximum Gasteiger partial charge on any atom is 0.257 e. The standard InChI is InChI=1S/C15H16FN3O/c1-10(11-5-7-18-8-6-11)19(2)15(20)13-9-12(17)3-4-14(13)16/h3-10H,17H2,1-2H3. The van der Waals surface area contributed by atoms with Gasteiger partial charge in [-0.15, -0.1) is 0 Å². The fraction of sp³-hybridized carbons (Fsp3) is 0.200. The van der Waals surface area contributed by atoms with Gasteiger partial charge in [-0.1, -0.05) is 0 Å². The summed E-state index contributed by atoms with van der Waals surface area (Å²) in [6.45, 7) is 1.87. The summed E-state index contributed by atoms with van der Waals surface area (Å²) in [6.07, 6.45) is 3.32. The molecule has 1 amide bonds. The number of anilines is 1. The van der Waals surface area contributed by atoms with Crippen LogP contribution in [-0.4, -0.2) is 22.8 Å². The zero-order valence-electron chi connectivity index (χ0n) is 11.4. The number of nitrogens with zero attached hydrogens (tertiary/aromatic N) is 2. The Labute approximate surface area is 117 Å². The first kappa shape index (κ1) is 14.0. The molecule has 104 valence electrons. The van der Waals surface area contributed by atoms with E-state index in [1.54, 1.807) is 19.4 Å². The maximum atomic E-state index is 13.7. The van der Waals surface area contributed by atoms with Crippen molar-refractivity contribution >= 4 is 11.6 Å². The molecule has 0 fully saturated rings. The number of halogens is 1. The zero-order chi connectivity index (χ0) is 14.7. The number of pyridine rings is 1. The van der Waals surface area contributed by atoms with E-state index in [1.807, 2.05) is 19.1 Å². The lowest BCUT2D eigenvalue weighted by Crippen LogP contribution is -2.30. The van der Waals surface area contributed by atoms with Gasteiger partial charge in [-0.05, 0) is 42.8 Å². The molecule has 0 bridgehead atoms. The summed E-state index contributed by atoms with van der Waals surface area (Å²) in [6, 6.07) is 7.44. The van der Waals surface area contributed by atoms with Gasteiger partial charge in [0.15, 0.2) is 0 Å². The van der Waals surface area contributed by atoms with E-state index < -0.39 is 11.7 Å². The Hall–Kier alpha value is -2.43. The molecular weight excluding hydrogens is 257 g/mol. The summed E-state index contributed by atoms with van der Waals surface area (Å²) < 4.78 is 13.7. The molecule has 0 saturated heterocycles. The highest BCUT2D eigenvalue weighted by atomic mass is 19.1. The quantitative estimate of drug-likeness (QED) is 0.874. The predicted molar refractivity (Wildman–Crippen MR) is 75.6 cm³/mol. The second-order valence-electron chi connectivity index (χ2n) is 4.61. The molecule has 1 heterocycles. The number of hydrogen-bond donors (Lipinski definition) is 1. The monoisotopic (exact) mass is 273 g/mol. The third kappa shape index (κ3) is 2.77. The molecule has 0 radical (unpaired) electrons. The number of benzene rings is 1. The number of nitrogens with two attached hydrogens (primary N) is 1. The van der Waals surface area contributed by atoms with Gasteiger partial charge >= 0.3 is 0 Å². The van der Waals surface area contributed by atoms with Gasteiger partial charge < -0.3 is 10.6 Å². The van der Waals surface area contributed by atoms with Crippen molar-refractivity contribution in [2.24, 2.45) is 0 Å². The Morgan fingerprint density at radius 2 is 1.95 bits per heavy atom. The van der Waals surface area contributed by atoms with E-state index in [4.69, 9.17) is 5.73 Å². The van der Waals surface area contributed by atoms with Crippen LogP contribution in [0.5, 0.6) is 0 Å². The third-order valence-electron chi connectivity index (χ3n) is 3.31. The lowest BCUT2D eigenvalue weighted by atomic mass is 10.1. The van der Waals surface area contributed by atoms with E-state index in [0.717, 1.165) is 5.56 Å². The first-order chi connectivity index (χ1) is 9.50. The van der Waals surface area contributed by atoms with Crippen LogP contribution in [0.4, 0.5) is 10.1 Å². The first-order valence-corrected chi connectivity index (χ1v) is 6.23. The van der Waals surface area contributed by atoms with Crippen LogP contribution in [0, 0.1) is 5.82 Å². The van der Waals surface area contributed by atoms with E-state index >= 15 is 0 Å². The second kappa shape index (κ2) is 5.69. The van der Waals surface area contributed by atoms with Gasteiger partial charge in [0.25, 0.3) is 5.91 Å². The number of carbonyl (C=O) groups excluding carboxylic acids is 1. The molecule has 1 atom stereocenters. The summed E-state index contributed by atoms with van der Waals surface area (Å²) in [5.74, 6) is -0.975. The van der Waals surface area contributed by atoms with Crippen LogP contribution in [-0.2, 0) is 0 Å². The van der Waals surface area contributed by atoms with Gasteiger partial charge in [0.2, 0.25) is 0 Å². The van der Waals surface area contributed by atoms with Crippen molar-refractivity contribution in [3.63, 3.8) is 0 Å². The van der Waals surface area contributed by atoms with Crippen LogP contribution in [0.3, 0.4) is 0 Å². The molecule has 4 nitrogen and oxygen atoms in total. The normalized spacial score (nSPS) is 11.9. The van der Waals surface area contributed by atoms with Gasteiger partial charge in [-0.2, -0.15) is 0 Å². The van der Waals surface area contributed by atoms with Gasteiger partial charge in [0, 0.05) is 25.1 Å². The highest BCUT2D eigenvalue weighted by Crippen LogP contribution is 2.22. The van der Waals surface area contributed by atoms with E-state index in [9.17, 15) is 9.18 Å². The first-order valence-electron chi connectivity index (χ1n) is 6.23. The molecule has 20 heavy (non-hydrogen) atoms. The maximum absolute atomic E-state index is 13.7. The Morgan fingerprint density at radius 3 is 2.60 bits per heavy atom. The molecule has 1 aromatic carbocycles. The van der Waals surface area contributed by atoms with E-state index in [2.05, 4.69) is 4.98 Å². The Morgan fingerprint density at radius 1 is 1.30 bits per heavy atom. The van der Waals surface area contributed by atoms with Crippen molar-refractivity contribution in [1.82, 2.24) is 9.88 Å². The molecular formula is C15H16FN3O. The molecule has 2 rings (SSSR count). The van der Waals surface area contributed by atoms with Gasteiger partial charge in [0.1, 0.15) is 5.82 Å². The van der Waals surface area contributed by atoms with Gasteiger partial charge in [-0.3, -0.25) is 9.78 Å². The molecule has 0 aliphatic rings. The number of amides is 1. The minimum absolute atomic E-state index is 0.0200. The molecule has 1 unspecified atom stereocenters. The van der Waals surface area contributed by atoms with Crippen LogP contribution in [0.1, 0.15) is 28.9 Å². The molecule has 0 saturated carbocycles. The largest absolute Gasteiger partial charge is 0.399 e. The summed E-state index contributed by atoms with van der Waals surface area (Å²) in [5, 5.41) is 0. The van der Waals surface area contributed by atoms with Crippen molar-refractivity contribution in [1.29, 1.82) is 0 Å². The lowest BCUT2D eigenvalue weighted by molar-refractivity contribution is 0.0738. The van der Waals surface area contributed by atoms with Crippen molar-refractivity contribution in [2.45, 2.75) is 13.0 Å². The summed E-state index contributed by atoms with van der Waals surface area (Å²) >= 11 is 0. The molecule has 1 aromatic heterocycles. The Balaban J connectivity index is 2.27. The van der Waals surface area contributed by atoms with Crippen LogP contribution in [0.25, 0.3) is 0 Å². The SMILES string of the molecule is CC(c1ccncc1)N(C)C(=O)c1cc(N)ccc1F. The van der Waals surface area contributed by atoms with Crippen molar-refractivity contribution in [3.05, 3.63) is 59.7 Å². The van der Waals surface area contributed by atoms with Crippen LogP contribution < -0.4 is 5.73 Å². The Kier molecular flexibility index (Phi) is 3.98. The molecule has 2 aromatic rings. The number of aromatic nitrogens is 1. The number of carbonyl (C=O) groups is 1. The minimum atomic E-state index is -0.571. The third-order valence-corrected chi connectivity index (χ3v) is 3.31. The number of rotatable bonds is 3. The van der Waals surface area contributed by atoms with Crippen molar-refractivity contribution in [3.8, 4) is 0 Å². The van der Waals surface area contributed by atoms with Crippen molar-refractivity contribution < 1.29 is 9.18 Å². The average Bonchev–Trinajstić information content (AvgIpc) is 2.48. The average molecular weight is 273 g/mol. The second-order valence-corrected chi connectivity index (χ2v) is 4.61. The van der Waals surface area contributed by atoms with E-state index in [-0.39, 0.29) is 11.6 Å². The van der Waals surface area contributed by atoms with Crippen LogP contribution >= 0.6 is 0 Å². The summed E-state index contributed by atoms with van der Waals surface area (Å²) in [4.78, 5) is 17.8. The van der Waals surface area contributed by atoms with E-state index in [0.29, 0.717) is 5.69 Å².